The zero-order valence-electron chi connectivity index (χ0n) is 18.7. The highest BCUT2D eigenvalue weighted by Crippen LogP contribution is 2.26. The topological polar surface area (TPSA) is 128 Å². The van der Waals surface area contributed by atoms with E-state index in [9.17, 15) is 8.42 Å². The number of nitrogens with two attached hydrogens (primary N) is 1. The highest BCUT2D eigenvalue weighted by atomic mass is 32.2. The van der Waals surface area contributed by atoms with E-state index in [1.54, 1.807) is 37.6 Å². The van der Waals surface area contributed by atoms with Gasteiger partial charge in [-0.1, -0.05) is 0 Å². The molecule has 0 aliphatic heterocycles. The van der Waals surface area contributed by atoms with Crippen molar-refractivity contribution in [3.63, 3.8) is 0 Å². The van der Waals surface area contributed by atoms with Gasteiger partial charge in [0.25, 0.3) is 10.0 Å². The summed E-state index contributed by atoms with van der Waals surface area (Å²) in [5, 5.41) is 6.46. The Bertz CT molecular complexity index is 1150. The van der Waals surface area contributed by atoms with Crippen molar-refractivity contribution in [1.29, 1.82) is 0 Å². The number of anilines is 3. The Morgan fingerprint density at radius 3 is 2.33 bits per heavy atom. The molecular weight excluding hydrogens is 442 g/mol. The zero-order chi connectivity index (χ0) is 23.7. The fourth-order valence-electron chi connectivity index (χ4n) is 3.22. The molecule has 10 heteroatoms. The lowest BCUT2D eigenvalue weighted by Crippen LogP contribution is -2.19. The average molecular weight is 472 g/mol. The molecule has 0 radical (unpaired) electrons. The summed E-state index contributed by atoms with van der Waals surface area (Å²) in [7, 11) is -0.706. The van der Waals surface area contributed by atoms with Crippen LogP contribution in [0.1, 0.15) is 5.56 Å². The maximum Gasteiger partial charge on any atom is 0.262 e. The second kappa shape index (κ2) is 11.4. The van der Waals surface area contributed by atoms with Gasteiger partial charge in [-0.2, -0.15) is 0 Å². The standard InChI is InChI=1S/C23H29N5O4S/c1-31-19-7-5-18(6-8-19)25-14-15-27-23-21(4-3-13-26-23)28-33(29,30)22-10-9-20(32-2)16-17(22)11-12-24/h3-10,13,16,25,28H,11-12,14-15,24H2,1-2H3,(H,26,27). The van der Waals surface area contributed by atoms with Crippen molar-refractivity contribution < 1.29 is 17.9 Å². The summed E-state index contributed by atoms with van der Waals surface area (Å²) < 4.78 is 39.3. The van der Waals surface area contributed by atoms with E-state index in [2.05, 4.69) is 20.3 Å². The fraction of sp³-hybridized carbons (Fsp3) is 0.261. The summed E-state index contributed by atoms with van der Waals surface area (Å²) in [4.78, 5) is 4.44. The Morgan fingerprint density at radius 1 is 0.939 bits per heavy atom. The fourth-order valence-corrected chi connectivity index (χ4v) is 4.54. The predicted molar refractivity (Wildman–Crippen MR) is 131 cm³/mol. The van der Waals surface area contributed by atoms with Crippen LogP contribution in [0.15, 0.2) is 65.7 Å². The Hall–Kier alpha value is -3.50. The predicted octanol–water partition coefficient (Wildman–Crippen LogP) is 2.92. The van der Waals surface area contributed by atoms with Crippen molar-refractivity contribution in [3.05, 3.63) is 66.4 Å². The summed E-state index contributed by atoms with van der Waals surface area (Å²) in [6, 6.07) is 15.8. The summed E-state index contributed by atoms with van der Waals surface area (Å²) in [6.45, 7) is 1.45. The average Bonchev–Trinajstić information content (AvgIpc) is 2.83. The normalized spacial score (nSPS) is 11.0. The van der Waals surface area contributed by atoms with Crippen LogP contribution in [0.25, 0.3) is 0 Å². The monoisotopic (exact) mass is 471 g/mol. The molecule has 3 rings (SSSR count). The molecule has 0 amide bonds. The van der Waals surface area contributed by atoms with E-state index in [-0.39, 0.29) is 4.90 Å². The molecule has 0 bridgehead atoms. The Balaban J connectivity index is 1.68. The highest BCUT2D eigenvalue weighted by molar-refractivity contribution is 7.92. The molecule has 0 spiro atoms. The number of benzene rings is 2. The molecule has 0 fully saturated rings. The minimum atomic E-state index is -3.86. The van der Waals surface area contributed by atoms with Crippen LogP contribution >= 0.6 is 0 Å². The van der Waals surface area contributed by atoms with Gasteiger partial charge >= 0.3 is 0 Å². The summed E-state index contributed by atoms with van der Waals surface area (Å²) >= 11 is 0. The van der Waals surface area contributed by atoms with Gasteiger partial charge in [-0.3, -0.25) is 4.72 Å². The lowest BCUT2D eigenvalue weighted by atomic mass is 10.1. The van der Waals surface area contributed by atoms with Gasteiger partial charge in [-0.05, 0) is 73.1 Å². The number of nitrogens with one attached hydrogen (secondary N) is 3. The highest BCUT2D eigenvalue weighted by Gasteiger charge is 2.20. The lowest BCUT2D eigenvalue weighted by Gasteiger charge is -2.16. The van der Waals surface area contributed by atoms with Crippen molar-refractivity contribution in [2.24, 2.45) is 5.73 Å². The molecule has 0 unspecified atom stereocenters. The molecule has 2 aromatic carbocycles. The van der Waals surface area contributed by atoms with Crippen molar-refractivity contribution in [1.82, 2.24) is 4.98 Å². The van der Waals surface area contributed by atoms with Crippen LogP contribution in [0, 0.1) is 0 Å². The first-order valence-electron chi connectivity index (χ1n) is 10.4. The number of hydrogen-bond donors (Lipinski definition) is 4. The van der Waals surface area contributed by atoms with Crippen LogP contribution in [0.5, 0.6) is 11.5 Å². The maximum atomic E-state index is 13.1. The summed E-state index contributed by atoms with van der Waals surface area (Å²) in [5.41, 5.74) is 7.57. The first-order valence-corrected chi connectivity index (χ1v) is 11.9. The van der Waals surface area contributed by atoms with Crippen LogP contribution in [0.3, 0.4) is 0 Å². The lowest BCUT2D eigenvalue weighted by molar-refractivity contribution is 0.413. The van der Waals surface area contributed by atoms with Gasteiger partial charge in [0.15, 0.2) is 0 Å². The quantitative estimate of drug-likeness (QED) is 0.297. The minimum absolute atomic E-state index is 0.157. The number of aromatic nitrogens is 1. The van der Waals surface area contributed by atoms with E-state index >= 15 is 0 Å². The third-order valence-electron chi connectivity index (χ3n) is 4.86. The summed E-state index contributed by atoms with van der Waals surface area (Å²) in [6.07, 6.45) is 2.01. The number of ether oxygens (including phenoxy) is 2. The second-order valence-electron chi connectivity index (χ2n) is 7.10. The first kappa shape index (κ1) is 24.1. The molecule has 0 atom stereocenters. The molecule has 0 saturated heterocycles. The van der Waals surface area contributed by atoms with E-state index in [0.29, 0.717) is 48.9 Å². The van der Waals surface area contributed by atoms with Crippen molar-refractivity contribution in [3.8, 4) is 11.5 Å². The van der Waals surface area contributed by atoms with Gasteiger partial charge in [-0.15, -0.1) is 0 Å². The van der Waals surface area contributed by atoms with Crippen molar-refractivity contribution in [2.45, 2.75) is 11.3 Å². The minimum Gasteiger partial charge on any atom is -0.497 e. The van der Waals surface area contributed by atoms with Crippen LogP contribution in [0.4, 0.5) is 17.2 Å². The number of methoxy groups -OCH3 is 2. The number of nitrogens with zero attached hydrogens (tertiary/aromatic N) is 1. The largest absolute Gasteiger partial charge is 0.497 e. The second-order valence-corrected chi connectivity index (χ2v) is 8.75. The summed E-state index contributed by atoms with van der Waals surface area (Å²) in [5.74, 6) is 1.80. The van der Waals surface area contributed by atoms with Gasteiger partial charge < -0.3 is 25.8 Å². The van der Waals surface area contributed by atoms with Gasteiger partial charge in [0, 0.05) is 25.0 Å². The van der Waals surface area contributed by atoms with E-state index in [0.717, 1.165) is 11.4 Å². The molecule has 1 aromatic heterocycles. The smallest absolute Gasteiger partial charge is 0.262 e. The zero-order valence-corrected chi connectivity index (χ0v) is 19.5. The Labute approximate surface area is 194 Å². The molecular formula is C23H29N5O4S. The van der Waals surface area contributed by atoms with Gasteiger partial charge in [0.05, 0.1) is 24.8 Å². The Kier molecular flexibility index (Phi) is 8.34. The number of sulfonamides is 1. The van der Waals surface area contributed by atoms with Crippen molar-refractivity contribution in [2.75, 3.05) is 49.2 Å². The van der Waals surface area contributed by atoms with E-state index in [1.807, 2.05) is 24.3 Å². The maximum absolute atomic E-state index is 13.1. The molecule has 0 saturated carbocycles. The van der Waals surface area contributed by atoms with Gasteiger partial charge in [-0.25, -0.2) is 13.4 Å². The molecule has 3 aromatic rings. The molecule has 9 nitrogen and oxygen atoms in total. The molecule has 176 valence electrons. The van der Waals surface area contributed by atoms with E-state index < -0.39 is 10.0 Å². The molecule has 1 heterocycles. The number of pyridine rings is 1. The Morgan fingerprint density at radius 2 is 1.64 bits per heavy atom. The molecule has 5 N–H and O–H groups in total. The molecule has 33 heavy (non-hydrogen) atoms. The van der Waals surface area contributed by atoms with Gasteiger partial charge in [0.2, 0.25) is 0 Å². The van der Waals surface area contributed by atoms with Crippen LogP contribution in [-0.2, 0) is 16.4 Å². The number of hydrogen-bond acceptors (Lipinski definition) is 8. The van der Waals surface area contributed by atoms with Crippen LogP contribution in [-0.4, -0.2) is 47.3 Å². The third-order valence-corrected chi connectivity index (χ3v) is 6.33. The van der Waals surface area contributed by atoms with Gasteiger partial charge in [0.1, 0.15) is 17.3 Å². The van der Waals surface area contributed by atoms with E-state index in [1.165, 1.54) is 13.2 Å². The number of rotatable bonds is 12. The van der Waals surface area contributed by atoms with Crippen molar-refractivity contribution >= 4 is 27.2 Å². The molecule has 0 aliphatic rings. The SMILES string of the molecule is COc1ccc(NCCNc2ncccc2NS(=O)(=O)c2ccc(OC)cc2CCN)cc1. The molecule has 0 aliphatic carbocycles. The van der Waals surface area contributed by atoms with Crippen LogP contribution < -0.4 is 30.6 Å². The first-order chi connectivity index (χ1) is 16.0. The van der Waals surface area contributed by atoms with E-state index in [4.69, 9.17) is 15.2 Å². The van der Waals surface area contributed by atoms with Crippen LogP contribution in [0.2, 0.25) is 0 Å². The third kappa shape index (κ3) is 6.50.